The van der Waals surface area contributed by atoms with Crippen molar-refractivity contribution in [2.45, 2.75) is 40.7 Å². The number of carbonyl (C=O) groups excluding carboxylic acids is 3. The summed E-state index contributed by atoms with van der Waals surface area (Å²) in [5.74, 6) is -0.423. The molecule has 0 radical (unpaired) electrons. The summed E-state index contributed by atoms with van der Waals surface area (Å²) in [5.41, 5.74) is 6.40. The molecule has 2 rings (SSSR count). The van der Waals surface area contributed by atoms with E-state index in [-0.39, 0.29) is 11.8 Å². The van der Waals surface area contributed by atoms with Crippen LogP contribution in [0.4, 0.5) is 0 Å². The van der Waals surface area contributed by atoms with Crippen molar-refractivity contribution in [2.75, 3.05) is 0 Å². The van der Waals surface area contributed by atoms with Gasteiger partial charge in [-0.1, -0.05) is 32.0 Å². The molecule has 0 aliphatic carbocycles. The van der Waals surface area contributed by atoms with Gasteiger partial charge in [0.05, 0.1) is 5.56 Å². The van der Waals surface area contributed by atoms with Crippen molar-refractivity contribution < 1.29 is 18.8 Å². The van der Waals surface area contributed by atoms with Gasteiger partial charge in [-0.3, -0.25) is 25.2 Å². The molecule has 7 heteroatoms. The van der Waals surface area contributed by atoms with Crippen molar-refractivity contribution >= 4 is 17.7 Å². The fraction of sp³-hybridized carbons (Fsp3) is 0.350. The van der Waals surface area contributed by atoms with E-state index in [1.165, 1.54) is 0 Å². The molecule has 0 aliphatic heterocycles. The Bertz CT molecular complexity index is 855. The first-order valence-electron chi connectivity index (χ1n) is 8.74. The van der Waals surface area contributed by atoms with Gasteiger partial charge in [-0.15, -0.1) is 0 Å². The Balaban J connectivity index is 2.02. The molecule has 7 nitrogen and oxygen atoms in total. The molecular weight excluding hydrogens is 346 g/mol. The first-order valence-corrected chi connectivity index (χ1v) is 8.74. The number of carbonyl (C=O) groups is 3. The summed E-state index contributed by atoms with van der Waals surface area (Å²) < 4.78 is 5.31. The van der Waals surface area contributed by atoms with E-state index in [0.29, 0.717) is 22.6 Å². The molecule has 3 N–H and O–H groups in total. The molecule has 1 heterocycles. The molecule has 0 spiro atoms. The second kappa shape index (κ2) is 8.53. The molecule has 0 saturated carbocycles. The van der Waals surface area contributed by atoms with Gasteiger partial charge in [-0.2, -0.15) is 0 Å². The van der Waals surface area contributed by atoms with E-state index in [4.69, 9.17) is 4.42 Å². The third-order valence-electron chi connectivity index (χ3n) is 4.21. The van der Waals surface area contributed by atoms with Crippen LogP contribution in [0.3, 0.4) is 0 Å². The molecule has 1 atom stereocenters. The number of nitrogens with one attached hydrogen (secondary N) is 3. The number of amides is 3. The largest absolute Gasteiger partial charge is 0.466 e. The van der Waals surface area contributed by atoms with E-state index in [0.717, 1.165) is 5.56 Å². The maximum absolute atomic E-state index is 12.5. The van der Waals surface area contributed by atoms with Crippen LogP contribution in [0.1, 0.15) is 51.6 Å². The molecule has 0 aliphatic rings. The monoisotopic (exact) mass is 371 g/mol. The zero-order valence-electron chi connectivity index (χ0n) is 16.2. The molecule has 0 bridgehead atoms. The van der Waals surface area contributed by atoms with Crippen molar-refractivity contribution in [3.8, 4) is 0 Å². The second-order valence-electron chi connectivity index (χ2n) is 6.78. The van der Waals surface area contributed by atoms with E-state index in [1.54, 1.807) is 32.0 Å². The number of hydrogen-bond donors (Lipinski definition) is 3. The molecule has 1 aromatic heterocycles. The van der Waals surface area contributed by atoms with E-state index in [9.17, 15) is 14.4 Å². The van der Waals surface area contributed by atoms with E-state index >= 15 is 0 Å². The van der Waals surface area contributed by atoms with Crippen LogP contribution in [0.2, 0.25) is 0 Å². The Hall–Kier alpha value is -3.09. The van der Waals surface area contributed by atoms with Gasteiger partial charge in [0.1, 0.15) is 17.6 Å². The maximum atomic E-state index is 12.5. The Morgan fingerprint density at radius 1 is 0.926 bits per heavy atom. The first kappa shape index (κ1) is 20.2. The molecule has 1 aromatic carbocycles. The molecule has 3 amide bonds. The molecule has 1 unspecified atom stereocenters. The van der Waals surface area contributed by atoms with Crippen molar-refractivity contribution in [1.29, 1.82) is 0 Å². The third-order valence-corrected chi connectivity index (χ3v) is 4.21. The van der Waals surface area contributed by atoms with E-state index in [2.05, 4.69) is 16.2 Å². The summed E-state index contributed by atoms with van der Waals surface area (Å²) in [4.78, 5) is 37.2. The van der Waals surface area contributed by atoms with Crippen LogP contribution in [0.25, 0.3) is 0 Å². The van der Waals surface area contributed by atoms with Gasteiger partial charge >= 0.3 is 0 Å². The fourth-order valence-corrected chi connectivity index (χ4v) is 2.70. The highest BCUT2D eigenvalue weighted by molar-refractivity contribution is 6.00. The Kier molecular flexibility index (Phi) is 6.39. The number of rotatable bonds is 5. The smallest absolute Gasteiger partial charge is 0.273 e. The summed E-state index contributed by atoms with van der Waals surface area (Å²) in [5, 5.41) is 2.73. The fourth-order valence-electron chi connectivity index (χ4n) is 2.70. The lowest BCUT2D eigenvalue weighted by atomic mass is 10.0. The minimum Gasteiger partial charge on any atom is -0.466 e. The van der Waals surface area contributed by atoms with Crippen LogP contribution in [-0.4, -0.2) is 23.8 Å². The maximum Gasteiger partial charge on any atom is 0.273 e. The second-order valence-corrected chi connectivity index (χ2v) is 6.78. The summed E-state index contributed by atoms with van der Waals surface area (Å²) in [6, 6.07) is 7.93. The van der Waals surface area contributed by atoms with E-state index < -0.39 is 17.9 Å². The Labute approximate surface area is 158 Å². The SMILES string of the molecule is Cc1cc(C(=O)NNC(=O)C(NC(=O)c2ccccc2C)C(C)C)c(C)o1. The van der Waals surface area contributed by atoms with Crippen LogP contribution < -0.4 is 16.2 Å². The van der Waals surface area contributed by atoms with Gasteiger partial charge in [0.15, 0.2) is 0 Å². The average Bonchev–Trinajstić information content (AvgIpc) is 2.95. The van der Waals surface area contributed by atoms with Crippen LogP contribution in [0.15, 0.2) is 34.7 Å². The zero-order chi connectivity index (χ0) is 20.1. The quantitative estimate of drug-likeness (QED) is 0.703. The van der Waals surface area contributed by atoms with Crippen LogP contribution in [-0.2, 0) is 4.79 Å². The average molecular weight is 371 g/mol. The molecule has 144 valence electrons. The molecule has 27 heavy (non-hydrogen) atoms. The van der Waals surface area contributed by atoms with Crippen LogP contribution in [0.5, 0.6) is 0 Å². The molecule has 0 fully saturated rings. The van der Waals surface area contributed by atoms with Gasteiger partial charge in [0.25, 0.3) is 17.7 Å². The van der Waals surface area contributed by atoms with Crippen molar-refractivity contribution in [2.24, 2.45) is 5.92 Å². The summed E-state index contributed by atoms with van der Waals surface area (Å²) >= 11 is 0. The minimum atomic E-state index is -0.801. The third kappa shape index (κ3) is 4.97. The van der Waals surface area contributed by atoms with Gasteiger partial charge < -0.3 is 9.73 Å². The van der Waals surface area contributed by atoms with Gasteiger partial charge in [-0.05, 0) is 44.4 Å². The molecular formula is C20H25N3O4. The lowest BCUT2D eigenvalue weighted by Crippen LogP contribution is -2.54. The van der Waals surface area contributed by atoms with Crippen molar-refractivity contribution in [3.05, 3.63) is 58.5 Å². The topological polar surface area (TPSA) is 100 Å². The Morgan fingerprint density at radius 3 is 2.15 bits per heavy atom. The first-order chi connectivity index (χ1) is 12.7. The number of hydrogen-bond acceptors (Lipinski definition) is 4. The van der Waals surface area contributed by atoms with Crippen molar-refractivity contribution in [1.82, 2.24) is 16.2 Å². The zero-order valence-corrected chi connectivity index (χ0v) is 16.2. The number of furan rings is 1. The highest BCUT2D eigenvalue weighted by Crippen LogP contribution is 2.13. The predicted octanol–water partition coefficient (Wildman–Crippen LogP) is 2.42. The van der Waals surface area contributed by atoms with Gasteiger partial charge in [-0.25, -0.2) is 0 Å². The van der Waals surface area contributed by atoms with Crippen molar-refractivity contribution in [3.63, 3.8) is 0 Å². The predicted molar refractivity (Wildman–Crippen MR) is 101 cm³/mol. The Morgan fingerprint density at radius 2 is 1.59 bits per heavy atom. The highest BCUT2D eigenvalue weighted by atomic mass is 16.3. The number of aryl methyl sites for hydroxylation is 3. The lowest BCUT2D eigenvalue weighted by Gasteiger charge is -2.22. The molecule has 2 aromatic rings. The summed E-state index contributed by atoms with van der Waals surface area (Å²) in [7, 11) is 0. The summed E-state index contributed by atoms with van der Waals surface area (Å²) in [6.45, 7) is 8.86. The number of benzene rings is 1. The van der Waals surface area contributed by atoms with Gasteiger partial charge in [0, 0.05) is 5.56 Å². The van der Waals surface area contributed by atoms with Crippen LogP contribution >= 0.6 is 0 Å². The van der Waals surface area contributed by atoms with Gasteiger partial charge in [0.2, 0.25) is 0 Å². The van der Waals surface area contributed by atoms with Crippen LogP contribution in [0, 0.1) is 26.7 Å². The lowest BCUT2D eigenvalue weighted by molar-refractivity contribution is -0.124. The number of hydrazine groups is 1. The van der Waals surface area contributed by atoms with E-state index in [1.807, 2.05) is 32.9 Å². The summed E-state index contributed by atoms with van der Waals surface area (Å²) in [6.07, 6.45) is 0. The minimum absolute atomic E-state index is 0.173. The highest BCUT2D eigenvalue weighted by Gasteiger charge is 2.26. The standard InChI is InChI=1S/C20H25N3O4/c1-11(2)17(21-18(24)15-9-7-6-8-12(15)3)20(26)23-22-19(25)16-10-13(4)27-14(16)5/h6-11,17H,1-5H3,(H,21,24)(H,22,25)(H,23,26). The molecule has 0 saturated heterocycles. The normalized spacial score (nSPS) is 11.8.